The number of carbonyl (C=O) groups excluding carboxylic acids is 3. The molecule has 2 aliphatic heterocycles. The van der Waals surface area contributed by atoms with Crippen molar-refractivity contribution in [3.05, 3.63) is 53.5 Å². The topological polar surface area (TPSA) is 107 Å². The largest absolute Gasteiger partial charge is 0.349 e. The predicted molar refractivity (Wildman–Crippen MR) is 162 cm³/mol. The third-order valence-electron chi connectivity index (χ3n) is 7.91. The second-order valence-electron chi connectivity index (χ2n) is 11.3. The van der Waals surface area contributed by atoms with Gasteiger partial charge in [-0.1, -0.05) is 35.4 Å². The average molecular weight is 573 g/mol. The van der Waals surface area contributed by atoms with Gasteiger partial charge in [-0.15, -0.1) is 0 Å². The summed E-state index contributed by atoms with van der Waals surface area (Å²) in [5.41, 5.74) is 2.29. The molecule has 9 nitrogen and oxygen atoms in total. The van der Waals surface area contributed by atoms with E-state index in [0.717, 1.165) is 41.4 Å². The van der Waals surface area contributed by atoms with E-state index in [1.165, 1.54) is 0 Å². The smallest absolute Gasteiger partial charge is 0.281 e. The lowest BCUT2D eigenvalue weighted by molar-refractivity contribution is -0.133. The molecule has 2 aromatic rings. The molecule has 4 atom stereocenters. The van der Waals surface area contributed by atoms with Gasteiger partial charge < -0.3 is 15.1 Å². The van der Waals surface area contributed by atoms with Crippen molar-refractivity contribution in [2.75, 3.05) is 34.2 Å². The number of thioether (sulfide) groups is 1. The fourth-order valence-corrected chi connectivity index (χ4v) is 6.92. The summed E-state index contributed by atoms with van der Waals surface area (Å²) in [6.45, 7) is 3.92. The maximum atomic E-state index is 13.0. The van der Waals surface area contributed by atoms with Crippen LogP contribution in [0.1, 0.15) is 41.7 Å². The summed E-state index contributed by atoms with van der Waals surface area (Å²) in [6, 6.07) is 10.7. The van der Waals surface area contributed by atoms with Gasteiger partial charge in [0, 0.05) is 61.6 Å². The molecule has 0 bridgehead atoms. The van der Waals surface area contributed by atoms with E-state index < -0.39 is 0 Å². The minimum Gasteiger partial charge on any atom is -0.349 e. The minimum atomic E-state index is -0.376. The number of aliphatic imine (C=N–C) groups is 1. The number of hydrogen-bond donors (Lipinski definition) is 2. The molecule has 1 saturated heterocycles. The van der Waals surface area contributed by atoms with Crippen LogP contribution in [-0.2, 0) is 9.59 Å². The second kappa shape index (κ2) is 12.5. The van der Waals surface area contributed by atoms with E-state index in [1.54, 1.807) is 49.2 Å². The number of fused-ring (bicyclic) bond motifs is 2. The first-order valence-electron chi connectivity index (χ1n) is 14.0. The molecule has 0 radical (unpaired) electrons. The zero-order valence-electron chi connectivity index (χ0n) is 23.9. The normalized spacial score (nSPS) is 25.1. The van der Waals surface area contributed by atoms with Crippen molar-refractivity contribution in [3.63, 3.8) is 0 Å². The third-order valence-corrected chi connectivity index (χ3v) is 9.19. The van der Waals surface area contributed by atoms with Crippen LogP contribution in [0.2, 0.25) is 0 Å². The maximum Gasteiger partial charge on any atom is 0.281 e. The molecule has 3 unspecified atom stereocenters. The zero-order valence-corrected chi connectivity index (χ0v) is 24.8. The lowest BCUT2D eigenvalue weighted by Crippen LogP contribution is -2.40. The Hall–Kier alpha value is -3.68. The zero-order chi connectivity index (χ0) is 29.1. The van der Waals surface area contributed by atoms with E-state index >= 15 is 0 Å². The number of nitrogens with one attached hydrogen (secondary N) is 2. The van der Waals surface area contributed by atoms with Crippen LogP contribution in [0.5, 0.6) is 0 Å². The third kappa shape index (κ3) is 6.80. The van der Waals surface area contributed by atoms with Gasteiger partial charge in [-0.05, 0) is 69.3 Å². The van der Waals surface area contributed by atoms with E-state index in [2.05, 4.69) is 44.5 Å². The number of rotatable bonds is 4. The molecular formula is C31H36N6O3S. The summed E-state index contributed by atoms with van der Waals surface area (Å²) >= 11 is 1.54. The van der Waals surface area contributed by atoms with Gasteiger partial charge in [0.2, 0.25) is 5.91 Å². The molecule has 3 aliphatic rings. The lowest BCUT2D eigenvalue weighted by atomic mass is 9.78. The van der Waals surface area contributed by atoms with Gasteiger partial charge in [0.25, 0.3) is 11.8 Å². The SMILES string of the molecule is Cc1ccc2cc(C(=O)NC#CC3CC[C@H](C(=O)N(C)C)C/C3=C\NC(=O)C3=NC4CCN(C)CC4S3)ncc2c1. The Labute approximate surface area is 245 Å². The van der Waals surface area contributed by atoms with Crippen LogP contribution >= 0.6 is 11.8 Å². The van der Waals surface area contributed by atoms with Gasteiger partial charge in [0.1, 0.15) is 5.69 Å². The van der Waals surface area contributed by atoms with Crippen molar-refractivity contribution < 1.29 is 14.4 Å². The van der Waals surface area contributed by atoms with Crippen LogP contribution in [0.25, 0.3) is 10.8 Å². The number of likely N-dealkylation sites (tertiary alicyclic amines) is 1. The van der Waals surface area contributed by atoms with Gasteiger partial charge in [0.15, 0.2) is 5.04 Å². The summed E-state index contributed by atoms with van der Waals surface area (Å²) < 4.78 is 0. The molecule has 5 rings (SSSR count). The van der Waals surface area contributed by atoms with Crippen LogP contribution < -0.4 is 10.6 Å². The molecular weight excluding hydrogens is 536 g/mol. The van der Waals surface area contributed by atoms with Crippen LogP contribution in [0.3, 0.4) is 0 Å². The van der Waals surface area contributed by atoms with Crippen molar-refractivity contribution in [3.8, 4) is 12.0 Å². The van der Waals surface area contributed by atoms with Gasteiger partial charge in [-0.2, -0.15) is 0 Å². The summed E-state index contributed by atoms with van der Waals surface area (Å²) in [6.07, 6.45) is 6.17. The average Bonchev–Trinajstić information content (AvgIpc) is 3.39. The summed E-state index contributed by atoms with van der Waals surface area (Å²) in [5.74, 6) is 2.23. The first-order valence-corrected chi connectivity index (χ1v) is 14.9. The van der Waals surface area contributed by atoms with Crippen LogP contribution in [0.4, 0.5) is 0 Å². The highest BCUT2D eigenvalue weighted by Gasteiger charge is 2.36. The number of amides is 3. The van der Waals surface area contributed by atoms with E-state index in [1.807, 2.05) is 25.1 Å². The fourth-order valence-electron chi connectivity index (χ4n) is 5.59. The quantitative estimate of drug-likeness (QED) is 0.431. The molecule has 1 saturated carbocycles. The van der Waals surface area contributed by atoms with Crippen LogP contribution in [0, 0.1) is 30.7 Å². The number of aryl methyl sites for hydroxylation is 1. The van der Waals surface area contributed by atoms with Gasteiger partial charge in [-0.3, -0.25) is 29.7 Å². The monoisotopic (exact) mass is 572 g/mol. The number of piperidine rings is 1. The number of benzene rings is 1. The fraction of sp³-hybridized carbons (Fsp3) is 0.452. The van der Waals surface area contributed by atoms with Crippen LogP contribution in [-0.4, -0.2) is 83.1 Å². The Morgan fingerprint density at radius 2 is 1.95 bits per heavy atom. The Kier molecular flexibility index (Phi) is 8.76. The van der Waals surface area contributed by atoms with Crippen LogP contribution in [0.15, 0.2) is 47.2 Å². The van der Waals surface area contributed by atoms with Gasteiger partial charge >= 0.3 is 0 Å². The first kappa shape index (κ1) is 28.8. The standard InChI is InChI=1S/C31H36N6O3S/c1-19-5-6-21-15-26(33-16-23(21)13-19)28(38)32-11-9-20-7-8-22(31(40)36(2)3)14-24(20)17-34-29(39)30-35-25-10-12-37(4)18-27(25)41-30/h5-6,13,15-17,20,22,25,27H,7-8,10,12,14,18H2,1-4H3,(H,32,38)(H,34,39)/b24-17+/t20?,22-,25?,27?/m0/s1. The molecule has 2 N–H and O–H groups in total. The number of carbonyl (C=O) groups is 3. The molecule has 1 aromatic heterocycles. The highest BCUT2D eigenvalue weighted by molar-refractivity contribution is 8.16. The molecule has 41 heavy (non-hydrogen) atoms. The first-order chi connectivity index (χ1) is 19.7. The summed E-state index contributed by atoms with van der Waals surface area (Å²) in [7, 11) is 5.60. The highest BCUT2D eigenvalue weighted by Crippen LogP contribution is 2.35. The van der Waals surface area contributed by atoms with Crippen molar-refractivity contribution in [2.45, 2.75) is 43.9 Å². The number of nitrogens with zero attached hydrogens (tertiary/aromatic N) is 4. The van der Waals surface area contributed by atoms with Gasteiger partial charge in [-0.25, -0.2) is 0 Å². The van der Waals surface area contributed by atoms with E-state index in [9.17, 15) is 14.4 Å². The Balaban J connectivity index is 1.27. The van der Waals surface area contributed by atoms with Gasteiger partial charge in [0.05, 0.1) is 6.04 Å². The maximum absolute atomic E-state index is 13.0. The molecule has 2 fully saturated rings. The molecule has 214 valence electrons. The molecule has 3 heterocycles. The number of hydrogen-bond acceptors (Lipinski definition) is 7. The van der Waals surface area contributed by atoms with Crippen molar-refractivity contribution >= 4 is 45.3 Å². The molecule has 3 amide bonds. The minimum absolute atomic E-state index is 0.0587. The van der Waals surface area contributed by atoms with Crippen molar-refractivity contribution in [1.82, 2.24) is 25.4 Å². The number of allylic oxidation sites excluding steroid dienone is 1. The summed E-state index contributed by atoms with van der Waals surface area (Å²) in [5, 5.41) is 8.31. The Morgan fingerprint density at radius 1 is 1.12 bits per heavy atom. The highest BCUT2D eigenvalue weighted by atomic mass is 32.2. The summed E-state index contributed by atoms with van der Waals surface area (Å²) in [4.78, 5) is 51.4. The van der Waals surface area contributed by atoms with E-state index in [-0.39, 0.29) is 35.6 Å². The molecule has 0 spiro atoms. The van der Waals surface area contributed by atoms with E-state index in [4.69, 9.17) is 0 Å². The number of pyridine rings is 1. The number of aromatic nitrogens is 1. The molecule has 1 aromatic carbocycles. The lowest BCUT2D eigenvalue weighted by Gasteiger charge is -2.30. The predicted octanol–water partition coefficient (Wildman–Crippen LogP) is 2.96. The Morgan fingerprint density at radius 3 is 2.76 bits per heavy atom. The van der Waals surface area contributed by atoms with Crippen molar-refractivity contribution in [2.24, 2.45) is 16.8 Å². The van der Waals surface area contributed by atoms with E-state index in [0.29, 0.717) is 35.3 Å². The Bertz CT molecular complexity index is 1490. The molecule has 1 aliphatic carbocycles. The van der Waals surface area contributed by atoms with Crippen molar-refractivity contribution in [1.29, 1.82) is 0 Å². The second-order valence-corrected chi connectivity index (χ2v) is 12.5. The molecule has 10 heteroatoms.